The van der Waals surface area contributed by atoms with Gasteiger partial charge in [0.25, 0.3) is 0 Å². The van der Waals surface area contributed by atoms with Gasteiger partial charge in [-0.15, -0.1) is 6.58 Å². The second-order valence-electron chi connectivity index (χ2n) is 5.02. The molecule has 2 rings (SSSR count). The standard InChI is InChI=1S/C15H22BrN3O/c1-3-6-19(7-8-20-2)15-12(9-13(16)11-18-15)10-17-14-4-5-14/h3,9,11,14,17H,1,4-8,10H2,2H3. The SMILES string of the molecule is C=CCN(CCOC)c1ncc(Br)cc1CNC1CC1. The van der Waals surface area contributed by atoms with E-state index in [2.05, 4.69) is 43.8 Å². The van der Waals surface area contributed by atoms with Crippen molar-refractivity contribution >= 4 is 21.7 Å². The third-order valence-corrected chi connectivity index (χ3v) is 3.72. The van der Waals surface area contributed by atoms with Gasteiger partial charge in [-0.3, -0.25) is 0 Å². The summed E-state index contributed by atoms with van der Waals surface area (Å²) in [6, 6.07) is 2.83. The summed E-state index contributed by atoms with van der Waals surface area (Å²) in [5.41, 5.74) is 1.21. The molecule has 1 aromatic heterocycles. The topological polar surface area (TPSA) is 37.4 Å². The number of aromatic nitrogens is 1. The van der Waals surface area contributed by atoms with Gasteiger partial charge >= 0.3 is 0 Å². The number of hydrogen-bond donors (Lipinski definition) is 1. The molecule has 0 amide bonds. The van der Waals surface area contributed by atoms with Gasteiger partial charge in [-0.1, -0.05) is 6.08 Å². The van der Waals surface area contributed by atoms with Crippen LogP contribution in [0, 0.1) is 0 Å². The highest BCUT2D eigenvalue weighted by molar-refractivity contribution is 9.10. The number of halogens is 1. The van der Waals surface area contributed by atoms with Crippen LogP contribution in [0.5, 0.6) is 0 Å². The average molecular weight is 340 g/mol. The summed E-state index contributed by atoms with van der Waals surface area (Å²) in [5, 5.41) is 3.55. The lowest BCUT2D eigenvalue weighted by Crippen LogP contribution is -2.30. The molecular weight excluding hydrogens is 318 g/mol. The van der Waals surface area contributed by atoms with Gasteiger partial charge in [0.05, 0.1) is 6.61 Å². The lowest BCUT2D eigenvalue weighted by molar-refractivity contribution is 0.205. The molecule has 0 bridgehead atoms. The van der Waals surface area contributed by atoms with Gasteiger partial charge in [-0.25, -0.2) is 4.98 Å². The van der Waals surface area contributed by atoms with Crippen LogP contribution in [0.3, 0.4) is 0 Å². The summed E-state index contributed by atoms with van der Waals surface area (Å²) < 4.78 is 6.20. The number of nitrogens with zero attached hydrogens (tertiary/aromatic N) is 2. The van der Waals surface area contributed by atoms with Crippen molar-refractivity contribution in [3.8, 4) is 0 Å². The second kappa shape index (κ2) is 7.76. The molecule has 0 aliphatic heterocycles. The Kier molecular flexibility index (Phi) is 6.01. The van der Waals surface area contributed by atoms with Gasteiger partial charge in [0.1, 0.15) is 5.82 Å². The fourth-order valence-electron chi connectivity index (χ4n) is 2.07. The Morgan fingerprint density at radius 2 is 2.40 bits per heavy atom. The van der Waals surface area contributed by atoms with Crippen LogP contribution < -0.4 is 10.2 Å². The molecule has 0 aromatic carbocycles. The monoisotopic (exact) mass is 339 g/mol. The smallest absolute Gasteiger partial charge is 0.133 e. The van der Waals surface area contributed by atoms with E-state index in [0.717, 1.165) is 29.9 Å². The van der Waals surface area contributed by atoms with Crippen molar-refractivity contribution in [1.29, 1.82) is 0 Å². The second-order valence-corrected chi connectivity index (χ2v) is 5.93. The van der Waals surface area contributed by atoms with Crippen LogP contribution in [0.2, 0.25) is 0 Å². The van der Waals surface area contributed by atoms with Gasteiger partial charge in [0, 0.05) is 49.0 Å². The molecule has 1 heterocycles. The third kappa shape index (κ3) is 4.58. The minimum atomic E-state index is 0.682. The summed E-state index contributed by atoms with van der Waals surface area (Å²) in [7, 11) is 1.72. The Morgan fingerprint density at radius 3 is 3.05 bits per heavy atom. The highest BCUT2D eigenvalue weighted by atomic mass is 79.9. The van der Waals surface area contributed by atoms with E-state index in [1.807, 2.05) is 12.3 Å². The number of methoxy groups -OCH3 is 1. The zero-order valence-electron chi connectivity index (χ0n) is 11.9. The fourth-order valence-corrected chi connectivity index (χ4v) is 2.45. The molecule has 4 nitrogen and oxygen atoms in total. The summed E-state index contributed by atoms with van der Waals surface area (Å²) >= 11 is 3.51. The molecule has 0 unspecified atom stereocenters. The first-order valence-corrected chi connectivity index (χ1v) is 7.76. The molecule has 0 saturated heterocycles. The predicted molar refractivity (Wildman–Crippen MR) is 86.1 cm³/mol. The van der Waals surface area contributed by atoms with Crippen LogP contribution in [-0.2, 0) is 11.3 Å². The van der Waals surface area contributed by atoms with E-state index >= 15 is 0 Å². The zero-order valence-corrected chi connectivity index (χ0v) is 13.5. The van der Waals surface area contributed by atoms with Crippen LogP contribution in [0.1, 0.15) is 18.4 Å². The molecule has 20 heavy (non-hydrogen) atoms. The quantitative estimate of drug-likeness (QED) is 0.702. The maximum absolute atomic E-state index is 5.18. The number of hydrogen-bond acceptors (Lipinski definition) is 4. The van der Waals surface area contributed by atoms with Crippen LogP contribution in [-0.4, -0.2) is 37.8 Å². The summed E-state index contributed by atoms with van der Waals surface area (Å²) in [6.45, 7) is 6.95. The highest BCUT2D eigenvalue weighted by Crippen LogP contribution is 2.24. The molecule has 0 atom stereocenters. The third-order valence-electron chi connectivity index (χ3n) is 3.28. The lowest BCUT2D eigenvalue weighted by Gasteiger charge is -2.24. The fraction of sp³-hybridized carbons (Fsp3) is 0.533. The zero-order chi connectivity index (χ0) is 14.4. The first kappa shape index (κ1) is 15.5. The van der Waals surface area contributed by atoms with Crippen LogP contribution in [0.25, 0.3) is 0 Å². The number of ether oxygens (including phenoxy) is 1. The van der Waals surface area contributed by atoms with E-state index in [0.29, 0.717) is 12.6 Å². The first-order valence-electron chi connectivity index (χ1n) is 6.97. The Bertz CT molecular complexity index is 449. The molecule has 1 aliphatic carbocycles. The van der Waals surface area contributed by atoms with Crippen molar-refractivity contribution in [3.63, 3.8) is 0 Å². The number of pyridine rings is 1. The lowest BCUT2D eigenvalue weighted by atomic mass is 10.2. The highest BCUT2D eigenvalue weighted by Gasteiger charge is 2.21. The number of anilines is 1. The molecule has 5 heteroatoms. The molecule has 110 valence electrons. The van der Waals surface area contributed by atoms with E-state index in [1.165, 1.54) is 18.4 Å². The number of nitrogens with one attached hydrogen (secondary N) is 1. The summed E-state index contributed by atoms with van der Waals surface area (Å²) in [5.74, 6) is 1.01. The molecule has 1 aromatic rings. The Labute approximate surface area is 129 Å². The van der Waals surface area contributed by atoms with Crippen molar-refractivity contribution in [2.45, 2.75) is 25.4 Å². The molecule has 1 N–H and O–H groups in total. The van der Waals surface area contributed by atoms with Gasteiger partial charge in [0.15, 0.2) is 0 Å². The maximum atomic E-state index is 5.18. The largest absolute Gasteiger partial charge is 0.383 e. The van der Waals surface area contributed by atoms with Crippen molar-refractivity contribution in [2.24, 2.45) is 0 Å². The molecule has 1 fully saturated rings. The van der Waals surface area contributed by atoms with Crippen LogP contribution in [0.4, 0.5) is 5.82 Å². The van der Waals surface area contributed by atoms with Crippen LogP contribution >= 0.6 is 15.9 Å². The van der Waals surface area contributed by atoms with Gasteiger partial charge in [-0.2, -0.15) is 0 Å². The molecule has 0 radical (unpaired) electrons. The molecule has 1 saturated carbocycles. The Hall–Kier alpha value is -0.910. The maximum Gasteiger partial charge on any atom is 0.133 e. The normalized spacial score (nSPS) is 14.3. The van der Waals surface area contributed by atoms with E-state index < -0.39 is 0 Å². The Balaban J connectivity index is 2.13. The van der Waals surface area contributed by atoms with Crippen molar-refractivity contribution < 1.29 is 4.74 Å². The van der Waals surface area contributed by atoms with Gasteiger partial charge in [-0.05, 0) is 34.8 Å². The molecular formula is C15H22BrN3O. The average Bonchev–Trinajstić information content (AvgIpc) is 3.26. The predicted octanol–water partition coefficient (Wildman–Crippen LogP) is 2.73. The van der Waals surface area contributed by atoms with Crippen LogP contribution in [0.15, 0.2) is 29.4 Å². The van der Waals surface area contributed by atoms with Crippen molar-refractivity contribution in [2.75, 3.05) is 31.7 Å². The van der Waals surface area contributed by atoms with Gasteiger partial charge < -0.3 is 15.0 Å². The van der Waals surface area contributed by atoms with E-state index in [1.54, 1.807) is 7.11 Å². The molecule has 0 spiro atoms. The summed E-state index contributed by atoms with van der Waals surface area (Å²) in [6.07, 6.45) is 6.32. The minimum Gasteiger partial charge on any atom is -0.383 e. The minimum absolute atomic E-state index is 0.682. The number of rotatable bonds is 9. The van der Waals surface area contributed by atoms with E-state index in [-0.39, 0.29) is 0 Å². The Morgan fingerprint density at radius 1 is 1.60 bits per heavy atom. The first-order chi connectivity index (χ1) is 9.74. The van der Waals surface area contributed by atoms with Crippen molar-refractivity contribution in [3.05, 3.63) is 35.0 Å². The van der Waals surface area contributed by atoms with Gasteiger partial charge in [0.2, 0.25) is 0 Å². The van der Waals surface area contributed by atoms with E-state index in [4.69, 9.17) is 4.74 Å². The summed E-state index contributed by atoms with van der Waals surface area (Å²) in [4.78, 5) is 6.79. The van der Waals surface area contributed by atoms with E-state index in [9.17, 15) is 0 Å². The molecule has 1 aliphatic rings. The van der Waals surface area contributed by atoms with Crippen molar-refractivity contribution in [1.82, 2.24) is 10.3 Å².